The van der Waals surface area contributed by atoms with E-state index in [4.69, 9.17) is 9.15 Å². The summed E-state index contributed by atoms with van der Waals surface area (Å²) in [6.07, 6.45) is 2.32. The van der Waals surface area contributed by atoms with Gasteiger partial charge in [0.05, 0.1) is 11.8 Å². The molecule has 6 nitrogen and oxygen atoms in total. The zero-order valence-corrected chi connectivity index (χ0v) is 14.3. The minimum Gasteiger partial charge on any atom is -0.425 e. The van der Waals surface area contributed by atoms with Crippen molar-refractivity contribution in [2.24, 2.45) is 5.92 Å². The average Bonchev–Trinajstić information content (AvgIpc) is 3.00. The van der Waals surface area contributed by atoms with Crippen molar-refractivity contribution in [1.82, 2.24) is 20.1 Å². The van der Waals surface area contributed by atoms with E-state index in [1.807, 2.05) is 19.9 Å². The van der Waals surface area contributed by atoms with E-state index in [-0.39, 0.29) is 0 Å². The lowest BCUT2D eigenvalue weighted by molar-refractivity contribution is -0.0822. The van der Waals surface area contributed by atoms with Gasteiger partial charge in [0.2, 0.25) is 11.8 Å². The number of nitrogens with zero attached hydrogens (tertiary/aromatic N) is 4. The molecule has 128 valence electrons. The van der Waals surface area contributed by atoms with Gasteiger partial charge < -0.3 is 9.15 Å². The lowest BCUT2D eigenvalue weighted by atomic mass is 9.79. The zero-order valence-electron chi connectivity index (χ0n) is 14.3. The first kappa shape index (κ1) is 15.7. The molecule has 2 aromatic rings. The number of hydrogen-bond acceptors (Lipinski definition) is 6. The Labute approximate surface area is 142 Å². The third kappa shape index (κ3) is 3.21. The van der Waals surface area contributed by atoms with Gasteiger partial charge in [-0.25, -0.2) is 0 Å². The quantitative estimate of drug-likeness (QED) is 0.862. The number of piperidine rings is 1. The van der Waals surface area contributed by atoms with E-state index in [0.717, 1.165) is 56.4 Å². The third-order valence-corrected chi connectivity index (χ3v) is 5.14. The number of ether oxygens (including phenoxy) is 1. The number of pyridine rings is 1. The molecule has 0 radical (unpaired) electrons. The molecule has 6 heteroatoms. The van der Waals surface area contributed by atoms with Gasteiger partial charge in [0, 0.05) is 50.7 Å². The maximum atomic E-state index is 6.03. The highest BCUT2D eigenvalue weighted by molar-refractivity contribution is 5.10. The van der Waals surface area contributed by atoms with Crippen LogP contribution >= 0.6 is 0 Å². The molecular weight excluding hydrogens is 304 g/mol. The Bertz CT molecular complexity index is 702. The second-order valence-corrected chi connectivity index (χ2v) is 6.92. The molecule has 24 heavy (non-hydrogen) atoms. The van der Waals surface area contributed by atoms with Gasteiger partial charge >= 0.3 is 0 Å². The fourth-order valence-corrected chi connectivity index (χ4v) is 4.01. The van der Waals surface area contributed by atoms with E-state index in [9.17, 15) is 0 Å². The van der Waals surface area contributed by atoms with Crippen LogP contribution in [-0.4, -0.2) is 45.9 Å². The number of fused-ring (bicyclic) bond motifs is 1. The Hall–Kier alpha value is -1.79. The summed E-state index contributed by atoms with van der Waals surface area (Å²) in [5, 5.41) is 8.29. The molecule has 2 aliphatic heterocycles. The monoisotopic (exact) mass is 328 g/mol. The van der Waals surface area contributed by atoms with Gasteiger partial charge in [0.15, 0.2) is 0 Å². The molecule has 0 saturated carbocycles. The molecule has 4 heterocycles. The molecule has 0 bridgehead atoms. The van der Waals surface area contributed by atoms with E-state index in [0.29, 0.717) is 23.8 Å². The lowest BCUT2D eigenvalue weighted by Crippen LogP contribution is -2.49. The van der Waals surface area contributed by atoms with Gasteiger partial charge in [-0.05, 0) is 31.9 Å². The van der Waals surface area contributed by atoms with Crippen LogP contribution in [0.15, 0.2) is 22.6 Å². The summed E-state index contributed by atoms with van der Waals surface area (Å²) < 4.78 is 11.8. The van der Waals surface area contributed by atoms with Crippen LogP contribution in [0.25, 0.3) is 0 Å². The van der Waals surface area contributed by atoms with E-state index in [2.05, 4.69) is 32.2 Å². The highest BCUT2D eigenvalue weighted by atomic mass is 16.5. The molecule has 2 aliphatic rings. The van der Waals surface area contributed by atoms with Crippen LogP contribution in [0.4, 0.5) is 0 Å². The molecule has 0 amide bonds. The number of aromatic nitrogens is 3. The summed E-state index contributed by atoms with van der Waals surface area (Å²) in [5.41, 5.74) is 2.21. The summed E-state index contributed by atoms with van der Waals surface area (Å²) in [6.45, 7) is 7.61. The van der Waals surface area contributed by atoms with Crippen molar-refractivity contribution in [2.75, 3.05) is 19.7 Å². The summed E-state index contributed by atoms with van der Waals surface area (Å²) in [6, 6.07) is 6.23. The first-order valence-corrected chi connectivity index (χ1v) is 8.75. The van der Waals surface area contributed by atoms with Crippen LogP contribution in [-0.2, 0) is 11.3 Å². The van der Waals surface area contributed by atoms with Crippen LogP contribution in [0, 0.1) is 19.8 Å². The van der Waals surface area contributed by atoms with Crippen molar-refractivity contribution in [3.05, 3.63) is 41.4 Å². The van der Waals surface area contributed by atoms with E-state index in [1.54, 1.807) is 0 Å². The highest BCUT2D eigenvalue weighted by Crippen LogP contribution is 2.39. The summed E-state index contributed by atoms with van der Waals surface area (Å²) in [5.74, 6) is 2.14. The van der Waals surface area contributed by atoms with E-state index >= 15 is 0 Å². The zero-order chi connectivity index (χ0) is 16.5. The van der Waals surface area contributed by atoms with Gasteiger partial charge in [0.25, 0.3) is 0 Å². The Balaban J connectivity index is 1.49. The van der Waals surface area contributed by atoms with Gasteiger partial charge in [-0.15, -0.1) is 10.2 Å². The Morgan fingerprint density at radius 2 is 2.12 bits per heavy atom. The Kier molecular flexibility index (Phi) is 4.33. The molecule has 0 spiro atoms. The standard InChI is InChI=1S/C18H24N4O2/c1-12-4-3-5-14(19-12)10-22-8-6-17-16(11-22)15(7-9-23-17)18-21-20-13(2)24-18/h3-5,15-17H,6-11H2,1-2H3/t15-,16+,17+/m1/s1. The first-order valence-electron chi connectivity index (χ1n) is 8.75. The fraction of sp³-hybridized carbons (Fsp3) is 0.611. The van der Waals surface area contributed by atoms with Crippen LogP contribution < -0.4 is 0 Å². The maximum Gasteiger partial charge on any atom is 0.220 e. The van der Waals surface area contributed by atoms with Crippen LogP contribution in [0.3, 0.4) is 0 Å². The Morgan fingerprint density at radius 1 is 1.21 bits per heavy atom. The second-order valence-electron chi connectivity index (χ2n) is 6.92. The average molecular weight is 328 g/mol. The lowest BCUT2D eigenvalue weighted by Gasteiger charge is -2.44. The van der Waals surface area contributed by atoms with Crippen LogP contribution in [0.1, 0.15) is 41.9 Å². The molecular formula is C18H24N4O2. The minimum atomic E-state index is 0.303. The molecule has 0 N–H and O–H groups in total. The van der Waals surface area contributed by atoms with Gasteiger partial charge in [-0.2, -0.15) is 0 Å². The van der Waals surface area contributed by atoms with Crippen molar-refractivity contribution < 1.29 is 9.15 Å². The molecule has 4 rings (SSSR count). The normalized spacial score (nSPS) is 27.8. The molecule has 2 fully saturated rings. The van der Waals surface area contributed by atoms with Gasteiger partial charge in [-0.3, -0.25) is 9.88 Å². The second kappa shape index (κ2) is 6.61. The van der Waals surface area contributed by atoms with Crippen LogP contribution in [0.2, 0.25) is 0 Å². The maximum absolute atomic E-state index is 6.03. The number of rotatable bonds is 3. The highest BCUT2D eigenvalue weighted by Gasteiger charge is 2.41. The number of hydrogen-bond donors (Lipinski definition) is 0. The molecule has 3 atom stereocenters. The van der Waals surface area contributed by atoms with Crippen molar-refractivity contribution in [3.8, 4) is 0 Å². The first-order chi connectivity index (χ1) is 11.7. The largest absolute Gasteiger partial charge is 0.425 e. The Morgan fingerprint density at radius 3 is 2.92 bits per heavy atom. The molecule has 0 aromatic carbocycles. The van der Waals surface area contributed by atoms with Crippen LogP contribution in [0.5, 0.6) is 0 Å². The van der Waals surface area contributed by atoms with Gasteiger partial charge in [0.1, 0.15) is 0 Å². The third-order valence-electron chi connectivity index (χ3n) is 5.14. The summed E-state index contributed by atoms with van der Waals surface area (Å²) in [4.78, 5) is 7.12. The predicted molar refractivity (Wildman–Crippen MR) is 88.5 cm³/mol. The summed E-state index contributed by atoms with van der Waals surface area (Å²) >= 11 is 0. The summed E-state index contributed by atoms with van der Waals surface area (Å²) in [7, 11) is 0. The minimum absolute atomic E-state index is 0.303. The molecule has 2 saturated heterocycles. The van der Waals surface area contributed by atoms with Crippen molar-refractivity contribution >= 4 is 0 Å². The smallest absolute Gasteiger partial charge is 0.220 e. The van der Waals surface area contributed by atoms with E-state index < -0.39 is 0 Å². The number of aryl methyl sites for hydroxylation is 2. The van der Waals surface area contributed by atoms with Crippen molar-refractivity contribution in [1.29, 1.82) is 0 Å². The van der Waals surface area contributed by atoms with Crippen molar-refractivity contribution in [2.45, 2.75) is 45.3 Å². The topological polar surface area (TPSA) is 64.3 Å². The number of likely N-dealkylation sites (tertiary alicyclic amines) is 1. The predicted octanol–water partition coefficient (Wildman–Crippen LogP) is 2.48. The SMILES string of the molecule is Cc1cccc(CN2CC[C@@H]3OCC[C@@H](c4nnc(C)o4)[C@@H]3C2)n1. The molecule has 0 unspecified atom stereocenters. The fourth-order valence-electron chi connectivity index (χ4n) is 4.01. The molecule has 2 aromatic heterocycles. The van der Waals surface area contributed by atoms with Gasteiger partial charge in [-0.1, -0.05) is 6.07 Å². The van der Waals surface area contributed by atoms with E-state index in [1.165, 1.54) is 0 Å². The molecule has 0 aliphatic carbocycles. The van der Waals surface area contributed by atoms with Crippen molar-refractivity contribution in [3.63, 3.8) is 0 Å².